The topological polar surface area (TPSA) is 85.2 Å². The Hall–Kier alpha value is -3.53. The lowest BCUT2D eigenvalue weighted by atomic mass is 9.95. The Morgan fingerprint density at radius 1 is 0.932 bits per heavy atom. The van der Waals surface area contributed by atoms with Crippen LogP contribution in [0.5, 0.6) is 11.8 Å². The minimum atomic E-state index is -0.433. The van der Waals surface area contributed by atoms with E-state index in [9.17, 15) is 10.2 Å². The first-order chi connectivity index (χ1) is 21.5. The van der Waals surface area contributed by atoms with E-state index in [0.717, 1.165) is 81.4 Å². The van der Waals surface area contributed by atoms with Crippen molar-refractivity contribution in [3.05, 3.63) is 54.3 Å². The third kappa shape index (κ3) is 4.68. The molecule has 4 saturated heterocycles. The highest BCUT2D eigenvalue weighted by atomic mass is 19.1. The number of nitrogens with zero attached hydrogens (tertiary/aromatic N) is 5. The van der Waals surface area contributed by atoms with E-state index < -0.39 is 5.82 Å². The molecule has 44 heavy (non-hydrogen) atoms. The molecular formula is C35H40FN5O3. The third-order valence-corrected chi connectivity index (χ3v) is 10.7. The molecule has 4 fully saturated rings. The Kier molecular flexibility index (Phi) is 7.07. The van der Waals surface area contributed by atoms with Gasteiger partial charge in [-0.25, -0.2) is 4.39 Å². The van der Waals surface area contributed by atoms with Crippen LogP contribution in [0.4, 0.5) is 10.2 Å². The summed E-state index contributed by atoms with van der Waals surface area (Å²) in [5, 5.41) is 22.3. The smallest absolute Gasteiger partial charge is 0.319 e. The number of aromatic nitrogens is 2. The number of anilines is 1. The number of piperazine rings is 1. The van der Waals surface area contributed by atoms with Crippen molar-refractivity contribution in [2.75, 3.05) is 50.8 Å². The average molecular weight is 598 g/mol. The highest BCUT2D eigenvalue weighted by Crippen LogP contribution is 2.42. The number of fused-ring (bicyclic) bond motifs is 5. The number of benzene rings is 3. The van der Waals surface area contributed by atoms with E-state index in [1.54, 1.807) is 18.2 Å². The van der Waals surface area contributed by atoms with Gasteiger partial charge in [0.15, 0.2) is 5.82 Å². The summed E-state index contributed by atoms with van der Waals surface area (Å²) < 4.78 is 23.2. The molecular weight excluding hydrogens is 557 g/mol. The SMILES string of the molecule is OCCCN1[C@@H]2CC[C@H]1CN(c1nc(OCC34CCCN3CCC4)nc3c(F)c(-c4cc(O)cc5ccccc45)ccc13)C2. The first-order valence-electron chi connectivity index (χ1n) is 16.2. The summed E-state index contributed by atoms with van der Waals surface area (Å²) in [4.78, 5) is 17.1. The Morgan fingerprint density at radius 3 is 2.48 bits per heavy atom. The van der Waals surface area contributed by atoms with Gasteiger partial charge in [0.05, 0.1) is 5.54 Å². The fourth-order valence-electron chi connectivity index (χ4n) is 8.60. The predicted molar refractivity (Wildman–Crippen MR) is 170 cm³/mol. The van der Waals surface area contributed by atoms with Gasteiger partial charge in [-0.3, -0.25) is 9.80 Å². The standard InChI is InChI=1S/C35H40FN5O3/c36-31-28(30-19-26(43)18-23-6-1-2-7-27(23)30)10-11-29-32(31)37-34(44-22-35-12-3-14-40(35)15-4-13-35)38-33(29)39-20-24-8-9-25(21-39)41(24)16-5-17-42/h1-2,6-7,10-11,18-19,24-25,42-43H,3-5,8-9,12-17,20-22H2/t24-,25+. The van der Waals surface area contributed by atoms with Gasteiger partial charge in [0, 0.05) is 49.3 Å². The maximum absolute atomic E-state index is 16.8. The molecule has 0 amide bonds. The van der Waals surface area contributed by atoms with Crippen LogP contribution in [0, 0.1) is 5.82 Å². The molecule has 0 aliphatic carbocycles. The Labute approximate surface area is 257 Å². The lowest BCUT2D eigenvalue weighted by Gasteiger charge is -2.42. The summed E-state index contributed by atoms with van der Waals surface area (Å²) in [5.41, 5.74) is 1.30. The monoisotopic (exact) mass is 597 g/mol. The molecule has 0 saturated carbocycles. The van der Waals surface area contributed by atoms with Crippen molar-refractivity contribution < 1.29 is 19.3 Å². The Morgan fingerprint density at radius 2 is 1.70 bits per heavy atom. The molecule has 2 atom stereocenters. The van der Waals surface area contributed by atoms with E-state index >= 15 is 4.39 Å². The van der Waals surface area contributed by atoms with Crippen LogP contribution in [-0.2, 0) is 0 Å². The lowest BCUT2D eigenvalue weighted by Crippen LogP contribution is -2.54. The maximum atomic E-state index is 16.8. The number of aliphatic hydroxyl groups is 1. The van der Waals surface area contributed by atoms with Crippen molar-refractivity contribution in [3.63, 3.8) is 0 Å². The lowest BCUT2D eigenvalue weighted by molar-refractivity contribution is 0.107. The molecule has 0 spiro atoms. The fourth-order valence-corrected chi connectivity index (χ4v) is 8.60. The number of hydrogen-bond acceptors (Lipinski definition) is 8. The molecule has 230 valence electrons. The van der Waals surface area contributed by atoms with Crippen molar-refractivity contribution in [2.24, 2.45) is 0 Å². The second-order valence-electron chi connectivity index (χ2n) is 13.2. The van der Waals surface area contributed by atoms with Gasteiger partial charge in [-0.05, 0) is 92.6 Å². The van der Waals surface area contributed by atoms with Gasteiger partial charge in [0.2, 0.25) is 0 Å². The summed E-state index contributed by atoms with van der Waals surface area (Å²) in [7, 11) is 0. The number of hydrogen-bond donors (Lipinski definition) is 2. The highest BCUT2D eigenvalue weighted by molar-refractivity contribution is 6.01. The first kappa shape index (κ1) is 28.0. The number of phenols is 1. The molecule has 0 unspecified atom stereocenters. The summed E-state index contributed by atoms with van der Waals surface area (Å²) in [6.07, 6.45) is 7.56. The zero-order valence-electron chi connectivity index (χ0n) is 25.1. The Balaban J connectivity index is 1.21. The Bertz CT molecular complexity index is 1690. The predicted octanol–water partition coefficient (Wildman–Crippen LogP) is 5.34. The zero-order valence-corrected chi connectivity index (χ0v) is 25.1. The average Bonchev–Trinajstić information content (AvgIpc) is 3.68. The van der Waals surface area contributed by atoms with Crippen molar-refractivity contribution in [2.45, 2.75) is 62.6 Å². The minimum Gasteiger partial charge on any atom is -0.508 e. The quantitative estimate of drug-likeness (QED) is 0.282. The van der Waals surface area contributed by atoms with Gasteiger partial charge in [-0.15, -0.1) is 0 Å². The van der Waals surface area contributed by atoms with Crippen LogP contribution in [0.1, 0.15) is 44.9 Å². The van der Waals surface area contributed by atoms with Gasteiger partial charge in [-0.2, -0.15) is 9.97 Å². The molecule has 0 radical (unpaired) electrons. The van der Waals surface area contributed by atoms with Gasteiger partial charge >= 0.3 is 6.01 Å². The van der Waals surface area contributed by atoms with E-state index in [4.69, 9.17) is 14.7 Å². The van der Waals surface area contributed by atoms with Crippen molar-refractivity contribution in [1.29, 1.82) is 0 Å². The van der Waals surface area contributed by atoms with Crippen LogP contribution in [0.2, 0.25) is 0 Å². The van der Waals surface area contributed by atoms with Gasteiger partial charge in [0.25, 0.3) is 0 Å². The van der Waals surface area contributed by atoms with E-state index in [1.807, 2.05) is 30.3 Å². The van der Waals surface area contributed by atoms with Crippen molar-refractivity contribution in [3.8, 4) is 22.9 Å². The highest BCUT2D eigenvalue weighted by Gasteiger charge is 2.45. The maximum Gasteiger partial charge on any atom is 0.319 e. The van der Waals surface area contributed by atoms with E-state index in [1.165, 1.54) is 12.8 Å². The molecule has 4 aromatic rings. The van der Waals surface area contributed by atoms with Gasteiger partial charge in [0.1, 0.15) is 23.7 Å². The molecule has 9 heteroatoms. The van der Waals surface area contributed by atoms with Crippen LogP contribution in [0.25, 0.3) is 32.8 Å². The second kappa shape index (κ2) is 11.1. The van der Waals surface area contributed by atoms with E-state index in [2.05, 4.69) is 14.7 Å². The number of rotatable bonds is 8. The molecule has 2 N–H and O–H groups in total. The minimum absolute atomic E-state index is 0.0246. The number of aromatic hydroxyl groups is 1. The fraction of sp³-hybridized carbons (Fsp3) is 0.486. The normalized spacial score (nSPS) is 23.2. The molecule has 5 heterocycles. The van der Waals surface area contributed by atoms with Gasteiger partial charge < -0.3 is 19.8 Å². The second-order valence-corrected chi connectivity index (χ2v) is 13.2. The summed E-state index contributed by atoms with van der Waals surface area (Å²) in [6, 6.07) is 15.8. The summed E-state index contributed by atoms with van der Waals surface area (Å²) in [5.74, 6) is 0.386. The number of ether oxygens (including phenoxy) is 1. The molecule has 1 aromatic heterocycles. The molecule has 4 aliphatic heterocycles. The van der Waals surface area contributed by atoms with Crippen LogP contribution in [-0.4, -0.2) is 93.5 Å². The number of phenolic OH excluding ortho intramolecular Hbond substituents is 1. The molecule has 4 aliphatic rings. The summed E-state index contributed by atoms with van der Waals surface area (Å²) >= 11 is 0. The van der Waals surface area contributed by atoms with Crippen LogP contribution < -0.4 is 9.64 Å². The van der Waals surface area contributed by atoms with Crippen LogP contribution in [0.15, 0.2) is 48.5 Å². The zero-order chi connectivity index (χ0) is 29.8. The third-order valence-electron chi connectivity index (χ3n) is 10.7. The molecule has 3 aromatic carbocycles. The first-order valence-corrected chi connectivity index (χ1v) is 16.2. The van der Waals surface area contributed by atoms with Crippen LogP contribution in [0.3, 0.4) is 0 Å². The van der Waals surface area contributed by atoms with Crippen LogP contribution >= 0.6 is 0 Å². The molecule has 2 bridgehead atoms. The van der Waals surface area contributed by atoms with Crippen molar-refractivity contribution in [1.82, 2.24) is 19.8 Å². The molecule has 8 nitrogen and oxygen atoms in total. The number of halogens is 1. The number of aliphatic hydroxyl groups excluding tert-OH is 1. The van der Waals surface area contributed by atoms with Gasteiger partial charge in [-0.1, -0.05) is 30.3 Å². The van der Waals surface area contributed by atoms with E-state index in [0.29, 0.717) is 35.2 Å². The largest absolute Gasteiger partial charge is 0.508 e. The molecule has 8 rings (SSSR count). The van der Waals surface area contributed by atoms with Crippen molar-refractivity contribution >= 4 is 27.5 Å². The summed E-state index contributed by atoms with van der Waals surface area (Å²) in [6.45, 7) is 5.41. The van der Waals surface area contributed by atoms with E-state index in [-0.39, 0.29) is 29.4 Å².